The van der Waals surface area contributed by atoms with Gasteiger partial charge in [-0.1, -0.05) is 90.1 Å². The van der Waals surface area contributed by atoms with Crippen LogP contribution in [0.4, 0.5) is 11.4 Å². The number of anilines is 2. The maximum absolute atomic E-state index is 5.68. The first-order valence-corrected chi connectivity index (χ1v) is 10.2. The predicted octanol–water partition coefficient (Wildman–Crippen LogP) is 7.12. The van der Waals surface area contributed by atoms with Crippen LogP contribution in [-0.2, 0) is 0 Å². The van der Waals surface area contributed by atoms with Crippen LogP contribution in [0.5, 0.6) is 0 Å². The average Bonchev–Trinajstić information content (AvgIpc) is 3.20. The minimum absolute atomic E-state index is 0.710. The zero-order valence-electron chi connectivity index (χ0n) is 17.1. The first-order chi connectivity index (χ1) is 15.3. The molecule has 5 aromatic rings. The highest BCUT2D eigenvalue weighted by Gasteiger charge is 2.16. The maximum Gasteiger partial charge on any atom is 0.190 e. The van der Waals surface area contributed by atoms with Crippen LogP contribution in [0.1, 0.15) is 5.69 Å². The molecular formula is C27H21N3O. The van der Waals surface area contributed by atoms with Gasteiger partial charge in [-0.05, 0) is 29.7 Å². The Balaban J connectivity index is 1.45. The van der Waals surface area contributed by atoms with Crippen LogP contribution in [-0.4, -0.2) is 10.1 Å². The molecule has 0 atom stereocenters. The van der Waals surface area contributed by atoms with Crippen molar-refractivity contribution in [3.8, 4) is 33.6 Å². The van der Waals surface area contributed by atoms with Gasteiger partial charge >= 0.3 is 0 Å². The normalized spacial score (nSPS) is 10.7. The molecule has 2 aromatic heterocycles. The Labute approximate surface area is 181 Å². The lowest BCUT2D eigenvalue weighted by Gasteiger charge is -2.09. The summed E-state index contributed by atoms with van der Waals surface area (Å²) >= 11 is 0. The van der Waals surface area contributed by atoms with Gasteiger partial charge in [-0.3, -0.25) is 4.98 Å². The number of nitrogens with zero attached hydrogens (tertiary/aromatic N) is 2. The summed E-state index contributed by atoms with van der Waals surface area (Å²) in [6, 6.07) is 30.9. The van der Waals surface area contributed by atoms with Gasteiger partial charge in [-0.2, -0.15) is 0 Å². The standard InChI is InChI=1S/C27H21N3O/c1-19-26(29-25-16-24(17-28-18-25)21-10-6-3-7-11-21)27(31-30-19)23-14-12-22(13-15-23)20-8-4-2-5-9-20/h2-18,29H,1H3. The van der Waals surface area contributed by atoms with Crippen molar-refractivity contribution in [1.29, 1.82) is 0 Å². The summed E-state index contributed by atoms with van der Waals surface area (Å²) in [6.07, 6.45) is 3.67. The molecule has 4 nitrogen and oxygen atoms in total. The summed E-state index contributed by atoms with van der Waals surface area (Å²) in [6.45, 7) is 1.93. The van der Waals surface area contributed by atoms with E-state index in [0.717, 1.165) is 39.3 Å². The number of nitrogens with one attached hydrogen (secondary N) is 1. The summed E-state index contributed by atoms with van der Waals surface area (Å²) in [5.74, 6) is 0.710. The van der Waals surface area contributed by atoms with Gasteiger partial charge < -0.3 is 9.84 Å². The third-order valence-corrected chi connectivity index (χ3v) is 5.23. The quantitative estimate of drug-likeness (QED) is 0.339. The van der Waals surface area contributed by atoms with E-state index in [-0.39, 0.29) is 0 Å². The van der Waals surface area contributed by atoms with Gasteiger partial charge in [0.05, 0.1) is 11.9 Å². The Hall–Kier alpha value is -4.18. The summed E-state index contributed by atoms with van der Waals surface area (Å²) < 4.78 is 5.68. The van der Waals surface area contributed by atoms with Gasteiger partial charge in [0.1, 0.15) is 11.4 Å². The van der Waals surface area contributed by atoms with Crippen molar-refractivity contribution in [3.63, 3.8) is 0 Å². The van der Waals surface area contributed by atoms with Crippen molar-refractivity contribution in [2.45, 2.75) is 6.92 Å². The Morgan fingerprint density at radius 2 is 1.23 bits per heavy atom. The fraction of sp³-hybridized carbons (Fsp3) is 0.0370. The van der Waals surface area contributed by atoms with Crippen molar-refractivity contribution >= 4 is 11.4 Å². The van der Waals surface area contributed by atoms with E-state index in [1.165, 1.54) is 5.56 Å². The molecule has 0 saturated carbocycles. The van der Waals surface area contributed by atoms with Crippen LogP contribution >= 0.6 is 0 Å². The fourth-order valence-corrected chi connectivity index (χ4v) is 3.60. The first-order valence-electron chi connectivity index (χ1n) is 10.2. The van der Waals surface area contributed by atoms with E-state index in [1.54, 1.807) is 6.20 Å². The highest BCUT2D eigenvalue weighted by Crippen LogP contribution is 2.35. The number of benzene rings is 3. The Morgan fingerprint density at radius 1 is 0.645 bits per heavy atom. The number of pyridine rings is 1. The molecular weight excluding hydrogens is 382 g/mol. The van der Waals surface area contributed by atoms with E-state index >= 15 is 0 Å². The number of hydrogen-bond acceptors (Lipinski definition) is 4. The molecule has 5 rings (SSSR count). The molecule has 0 bridgehead atoms. The van der Waals surface area contributed by atoms with Crippen LogP contribution in [0.3, 0.4) is 0 Å². The van der Waals surface area contributed by atoms with E-state index in [9.17, 15) is 0 Å². The molecule has 0 fully saturated rings. The number of aryl methyl sites for hydroxylation is 1. The maximum atomic E-state index is 5.68. The largest absolute Gasteiger partial charge is 0.354 e. The highest BCUT2D eigenvalue weighted by molar-refractivity contribution is 5.80. The molecule has 1 N–H and O–H groups in total. The number of rotatable bonds is 5. The summed E-state index contributed by atoms with van der Waals surface area (Å²) in [5.41, 5.74) is 8.02. The number of aromatic nitrogens is 2. The topological polar surface area (TPSA) is 51.0 Å². The lowest BCUT2D eigenvalue weighted by molar-refractivity contribution is 0.427. The fourth-order valence-electron chi connectivity index (χ4n) is 3.60. The molecule has 3 aromatic carbocycles. The number of hydrogen-bond donors (Lipinski definition) is 1. The molecule has 0 amide bonds. The monoisotopic (exact) mass is 403 g/mol. The van der Waals surface area contributed by atoms with Crippen LogP contribution in [0.2, 0.25) is 0 Å². The molecule has 0 aliphatic rings. The van der Waals surface area contributed by atoms with E-state index in [2.05, 4.69) is 70.1 Å². The van der Waals surface area contributed by atoms with E-state index in [0.29, 0.717) is 5.76 Å². The van der Waals surface area contributed by atoms with Crippen LogP contribution < -0.4 is 5.32 Å². The molecule has 0 radical (unpaired) electrons. The average molecular weight is 403 g/mol. The summed E-state index contributed by atoms with van der Waals surface area (Å²) in [4.78, 5) is 4.41. The predicted molar refractivity (Wildman–Crippen MR) is 125 cm³/mol. The molecule has 0 unspecified atom stereocenters. The van der Waals surface area contributed by atoms with Gasteiger partial charge in [0.25, 0.3) is 0 Å². The second-order valence-electron chi connectivity index (χ2n) is 7.37. The third-order valence-electron chi connectivity index (χ3n) is 5.23. The van der Waals surface area contributed by atoms with Crippen molar-refractivity contribution in [2.24, 2.45) is 0 Å². The van der Waals surface area contributed by atoms with Gasteiger partial charge in [0.2, 0.25) is 0 Å². The van der Waals surface area contributed by atoms with Crippen LogP contribution in [0, 0.1) is 6.92 Å². The Morgan fingerprint density at radius 3 is 1.90 bits per heavy atom. The first kappa shape index (κ1) is 18.8. The second-order valence-corrected chi connectivity index (χ2v) is 7.37. The lowest BCUT2D eigenvalue weighted by Crippen LogP contribution is -1.94. The molecule has 0 aliphatic carbocycles. The highest BCUT2D eigenvalue weighted by atomic mass is 16.5. The zero-order valence-corrected chi connectivity index (χ0v) is 17.1. The molecule has 2 heterocycles. The Kier molecular flexibility index (Phi) is 5.03. The van der Waals surface area contributed by atoms with Crippen molar-refractivity contribution < 1.29 is 4.52 Å². The minimum Gasteiger partial charge on any atom is -0.354 e. The smallest absolute Gasteiger partial charge is 0.190 e. The molecule has 31 heavy (non-hydrogen) atoms. The Bertz CT molecular complexity index is 1290. The lowest BCUT2D eigenvalue weighted by atomic mass is 10.0. The van der Waals surface area contributed by atoms with Gasteiger partial charge in [0, 0.05) is 17.3 Å². The summed E-state index contributed by atoms with van der Waals surface area (Å²) in [7, 11) is 0. The van der Waals surface area contributed by atoms with Gasteiger partial charge in [-0.25, -0.2) is 0 Å². The van der Waals surface area contributed by atoms with E-state index < -0.39 is 0 Å². The van der Waals surface area contributed by atoms with Gasteiger partial charge in [0.15, 0.2) is 5.76 Å². The second kappa shape index (κ2) is 8.28. The summed E-state index contributed by atoms with van der Waals surface area (Å²) in [5, 5.41) is 7.65. The third kappa shape index (κ3) is 3.96. The molecule has 150 valence electrons. The molecule has 4 heteroatoms. The van der Waals surface area contributed by atoms with E-state index in [1.807, 2.05) is 49.5 Å². The molecule has 0 saturated heterocycles. The van der Waals surface area contributed by atoms with Crippen LogP contribution in [0.15, 0.2) is 108 Å². The molecule has 0 aliphatic heterocycles. The molecule has 0 spiro atoms. The minimum atomic E-state index is 0.710. The van der Waals surface area contributed by atoms with E-state index in [4.69, 9.17) is 4.52 Å². The SMILES string of the molecule is Cc1noc(-c2ccc(-c3ccccc3)cc2)c1Nc1cncc(-c2ccccc2)c1. The van der Waals surface area contributed by atoms with Crippen molar-refractivity contribution in [3.05, 3.63) is 109 Å². The van der Waals surface area contributed by atoms with Crippen LogP contribution in [0.25, 0.3) is 33.6 Å². The van der Waals surface area contributed by atoms with Gasteiger partial charge in [-0.15, -0.1) is 0 Å². The zero-order chi connectivity index (χ0) is 21.0. The van der Waals surface area contributed by atoms with Crippen molar-refractivity contribution in [2.75, 3.05) is 5.32 Å². The van der Waals surface area contributed by atoms with Crippen molar-refractivity contribution in [1.82, 2.24) is 10.1 Å².